The minimum atomic E-state index is -0.402. The van der Waals surface area contributed by atoms with Crippen molar-refractivity contribution in [2.75, 3.05) is 11.0 Å². The summed E-state index contributed by atoms with van der Waals surface area (Å²) in [6.45, 7) is 4.02. The van der Waals surface area contributed by atoms with E-state index in [0.29, 0.717) is 12.4 Å². The monoisotopic (exact) mass is 442 g/mol. The van der Waals surface area contributed by atoms with Crippen LogP contribution >= 0.6 is 22.6 Å². The highest BCUT2D eigenvalue weighted by molar-refractivity contribution is 14.1. The molecule has 0 aliphatic rings. The van der Waals surface area contributed by atoms with Gasteiger partial charge >= 0.3 is 5.97 Å². The number of hydrogen-bond acceptors (Lipinski definition) is 3. The third kappa shape index (κ3) is 4.93. The highest BCUT2D eigenvalue weighted by atomic mass is 127. The molecule has 0 fully saturated rings. The molecule has 0 aliphatic heterocycles. The Balaban J connectivity index is 2.47. The first-order chi connectivity index (χ1) is 11.5. The summed E-state index contributed by atoms with van der Waals surface area (Å²) in [5.74, 6) is 0.448. The molecule has 2 rings (SSSR count). The second-order valence-electron chi connectivity index (χ2n) is 5.30. The molecule has 0 saturated carbocycles. The first-order valence-corrected chi connectivity index (χ1v) is 9.37. The van der Waals surface area contributed by atoms with Gasteiger partial charge in [-0.25, -0.2) is 4.39 Å². The topological polar surface area (TPSA) is 35.5 Å². The van der Waals surface area contributed by atoms with Crippen LogP contribution in [-0.4, -0.2) is 17.0 Å². The minimum absolute atomic E-state index is 0.303. The van der Waals surface area contributed by atoms with Crippen LogP contribution in [0.3, 0.4) is 0 Å². The van der Waals surface area contributed by atoms with Crippen molar-refractivity contribution in [3.63, 3.8) is 0 Å². The van der Waals surface area contributed by atoms with Crippen molar-refractivity contribution in [2.24, 2.45) is 0 Å². The molecule has 128 valence electrons. The predicted molar refractivity (Wildman–Crippen MR) is 102 cm³/mol. The zero-order valence-electron chi connectivity index (χ0n) is 13.8. The number of benzene rings is 2. The second kappa shape index (κ2) is 9.01. The van der Waals surface area contributed by atoms with E-state index >= 15 is 0 Å². The van der Waals surface area contributed by atoms with E-state index < -0.39 is 5.97 Å². The van der Waals surface area contributed by atoms with Crippen LogP contribution in [-0.2, 0) is 11.2 Å². The number of hydrogen-bond donors (Lipinski definition) is 0. The van der Waals surface area contributed by atoms with Gasteiger partial charge in [0, 0.05) is 23.0 Å². The second-order valence-corrected chi connectivity index (χ2v) is 6.38. The van der Waals surface area contributed by atoms with E-state index in [1.165, 1.54) is 19.1 Å². The Morgan fingerprint density at radius 2 is 1.88 bits per heavy atom. The summed E-state index contributed by atoms with van der Waals surface area (Å²) >= 11 is 2.31. The van der Waals surface area contributed by atoms with Gasteiger partial charge in [0.25, 0.3) is 0 Å². The molecular formula is C19H20FIO3. The summed E-state index contributed by atoms with van der Waals surface area (Å²) in [5, 5.41) is 0. The number of halogens is 2. The summed E-state index contributed by atoms with van der Waals surface area (Å²) in [6.07, 6.45) is 1.74. The van der Waals surface area contributed by atoms with E-state index in [4.69, 9.17) is 9.47 Å². The predicted octanol–water partition coefficient (Wildman–Crippen LogP) is 5.18. The lowest BCUT2D eigenvalue weighted by Crippen LogP contribution is -2.06. The molecule has 0 spiro atoms. The number of esters is 1. The summed E-state index contributed by atoms with van der Waals surface area (Å²) in [7, 11) is 0. The van der Waals surface area contributed by atoms with Gasteiger partial charge in [-0.1, -0.05) is 41.6 Å². The van der Waals surface area contributed by atoms with E-state index in [1.54, 1.807) is 18.2 Å². The van der Waals surface area contributed by atoms with Gasteiger partial charge in [0.05, 0.1) is 6.61 Å². The van der Waals surface area contributed by atoms with Gasteiger partial charge in [0.1, 0.15) is 17.3 Å². The Morgan fingerprint density at radius 1 is 1.17 bits per heavy atom. The van der Waals surface area contributed by atoms with Crippen molar-refractivity contribution in [2.45, 2.75) is 26.7 Å². The van der Waals surface area contributed by atoms with Crippen molar-refractivity contribution < 1.29 is 18.7 Å². The van der Waals surface area contributed by atoms with Gasteiger partial charge in [0.15, 0.2) is 0 Å². The van der Waals surface area contributed by atoms with Gasteiger partial charge < -0.3 is 9.47 Å². The lowest BCUT2D eigenvalue weighted by atomic mass is 10.00. The van der Waals surface area contributed by atoms with Crippen LogP contribution in [0.25, 0.3) is 11.1 Å². The van der Waals surface area contributed by atoms with Gasteiger partial charge in [-0.2, -0.15) is 0 Å². The van der Waals surface area contributed by atoms with E-state index in [0.717, 1.165) is 39.7 Å². The molecule has 0 amide bonds. The summed E-state index contributed by atoms with van der Waals surface area (Å²) in [4.78, 5) is 11.5. The molecule has 0 aromatic heterocycles. The summed E-state index contributed by atoms with van der Waals surface area (Å²) < 4.78 is 25.4. The maximum atomic E-state index is 13.2. The fourth-order valence-corrected chi connectivity index (χ4v) is 2.66. The third-order valence-corrected chi connectivity index (χ3v) is 4.25. The largest absolute Gasteiger partial charge is 0.493 e. The highest BCUT2D eigenvalue weighted by Gasteiger charge is 2.14. The molecule has 0 N–H and O–H groups in total. The standard InChI is InChI=1S/C19H20FIO3/c1-3-14-11-17(15-5-7-16(20)8-6-15)19(24-13(2)22)12-18(14)23-10-4-9-21/h5-8,11-12H,3-4,9-10H2,1-2H3. The quantitative estimate of drug-likeness (QED) is 0.195. The fourth-order valence-electron chi connectivity index (χ4n) is 2.35. The molecule has 0 heterocycles. The Bertz CT molecular complexity index is 699. The molecule has 0 unspecified atom stereocenters. The van der Waals surface area contributed by atoms with E-state index in [2.05, 4.69) is 22.6 Å². The minimum Gasteiger partial charge on any atom is -0.493 e. The molecule has 0 atom stereocenters. The van der Waals surface area contributed by atoms with Crippen LogP contribution in [0.2, 0.25) is 0 Å². The lowest BCUT2D eigenvalue weighted by molar-refractivity contribution is -0.131. The third-order valence-electron chi connectivity index (χ3n) is 3.49. The fraction of sp³-hybridized carbons (Fsp3) is 0.316. The van der Waals surface area contributed by atoms with Crippen LogP contribution in [0, 0.1) is 5.82 Å². The average molecular weight is 442 g/mol. The van der Waals surface area contributed by atoms with Crippen LogP contribution in [0.5, 0.6) is 11.5 Å². The average Bonchev–Trinajstić information content (AvgIpc) is 2.56. The number of alkyl halides is 1. The Kier molecular flexibility index (Phi) is 7.02. The summed E-state index contributed by atoms with van der Waals surface area (Å²) in [6, 6.07) is 9.84. The number of carbonyl (C=O) groups excluding carboxylic acids is 1. The summed E-state index contributed by atoms with van der Waals surface area (Å²) in [5.41, 5.74) is 2.57. The zero-order chi connectivity index (χ0) is 17.5. The van der Waals surface area contributed by atoms with Crippen molar-refractivity contribution in [3.8, 4) is 22.6 Å². The molecule has 24 heavy (non-hydrogen) atoms. The molecule has 2 aromatic carbocycles. The van der Waals surface area contributed by atoms with Gasteiger partial charge in [-0.05, 0) is 42.2 Å². The number of ether oxygens (including phenoxy) is 2. The Hall–Kier alpha value is -1.63. The molecule has 0 aliphatic carbocycles. The Morgan fingerprint density at radius 3 is 2.46 bits per heavy atom. The van der Waals surface area contributed by atoms with Crippen molar-refractivity contribution in [3.05, 3.63) is 47.8 Å². The van der Waals surface area contributed by atoms with Gasteiger partial charge in [-0.3, -0.25) is 4.79 Å². The van der Waals surface area contributed by atoms with Crippen molar-refractivity contribution in [1.82, 2.24) is 0 Å². The normalized spacial score (nSPS) is 10.5. The zero-order valence-corrected chi connectivity index (χ0v) is 15.9. The molecule has 3 nitrogen and oxygen atoms in total. The molecule has 2 aromatic rings. The smallest absolute Gasteiger partial charge is 0.308 e. The Labute approximate surface area is 155 Å². The number of rotatable bonds is 7. The van der Waals surface area contributed by atoms with E-state index in [1.807, 2.05) is 13.0 Å². The van der Waals surface area contributed by atoms with Crippen LogP contribution < -0.4 is 9.47 Å². The van der Waals surface area contributed by atoms with Crippen LogP contribution in [0.4, 0.5) is 4.39 Å². The highest BCUT2D eigenvalue weighted by Crippen LogP contribution is 2.37. The SMILES string of the molecule is CCc1cc(-c2ccc(F)cc2)c(OC(C)=O)cc1OCCCI. The molecular weight excluding hydrogens is 422 g/mol. The van der Waals surface area contributed by atoms with Crippen molar-refractivity contribution >= 4 is 28.6 Å². The molecule has 0 radical (unpaired) electrons. The van der Waals surface area contributed by atoms with Crippen LogP contribution in [0.1, 0.15) is 25.8 Å². The number of carbonyl (C=O) groups is 1. The van der Waals surface area contributed by atoms with Gasteiger partial charge in [-0.15, -0.1) is 0 Å². The van der Waals surface area contributed by atoms with E-state index in [-0.39, 0.29) is 5.82 Å². The molecule has 0 bridgehead atoms. The maximum Gasteiger partial charge on any atom is 0.308 e. The van der Waals surface area contributed by atoms with Crippen molar-refractivity contribution in [1.29, 1.82) is 0 Å². The lowest BCUT2D eigenvalue weighted by Gasteiger charge is -2.16. The van der Waals surface area contributed by atoms with Crippen LogP contribution in [0.15, 0.2) is 36.4 Å². The molecule has 5 heteroatoms. The maximum absolute atomic E-state index is 13.2. The number of aryl methyl sites for hydroxylation is 1. The molecule has 0 saturated heterocycles. The first kappa shape index (κ1) is 18.7. The van der Waals surface area contributed by atoms with E-state index in [9.17, 15) is 9.18 Å². The van der Waals surface area contributed by atoms with Gasteiger partial charge in [0.2, 0.25) is 0 Å². The first-order valence-electron chi connectivity index (χ1n) is 7.85.